The zero-order chi connectivity index (χ0) is 18.3. The molecule has 1 saturated carbocycles. The number of carbonyl (C=O) groups is 2. The van der Waals surface area contributed by atoms with Crippen molar-refractivity contribution in [2.24, 2.45) is 5.92 Å². The molecule has 2 aromatic rings. The van der Waals surface area contributed by atoms with Crippen molar-refractivity contribution in [2.45, 2.75) is 31.8 Å². The number of rotatable bonds is 3. The van der Waals surface area contributed by atoms with Gasteiger partial charge in [-0.1, -0.05) is 30.2 Å². The molecule has 2 aromatic carbocycles. The number of halogens is 1. The number of nitrogens with zero attached hydrogens (tertiary/aromatic N) is 1. The molecule has 5 nitrogen and oxygen atoms in total. The van der Waals surface area contributed by atoms with Gasteiger partial charge in [-0.2, -0.15) is 0 Å². The van der Waals surface area contributed by atoms with Crippen molar-refractivity contribution < 1.29 is 14.7 Å². The number of carboxylic acids is 1. The Morgan fingerprint density at radius 2 is 1.96 bits per heavy atom. The number of benzene rings is 2. The van der Waals surface area contributed by atoms with E-state index in [9.17, 15) is 9.59 Å². The molecular weight excluding hydrogens is 352 g/mol. The number of nitrogens with one attached hydrogen (secondary N) is 1. The van der Waals surface area contributed by atoms with Gasteiger partial charge in [0.1, 0.15) is 0 Å². The van der Waals surface area contributed by atoms with Crippen LogP contribution in [0.4, 0.5) is 11.4 Å². The molecule has 0 bridgehead atoms. The maximum absolute atomic E-state index is 13.2. The number of amides is 1. The molecule has 1 heterocycles. The van der Waals surface area contributed by atoms with Crippen LogP contribution in [0.5, 0.6) is 0 Å². The molecule has 6 heteroatoms. The zero-order valence-electron chi connectivity index (χ0n) is 14.1. The summed E-state index contributed by atoms with van der Waals surface area (Å²) in [4.78, 5) is 26.0. The van der Waals surface area contributed by atoms with Gasteiger partial charge in [-0.05, 0) is 48.7 Å². The summed E-state index contributed by atoms with van der Waals surface area (Å²) in [6.07, 6.45) is 2.91. The van der Waals surface area contributed by atoms with E-state index in [4.69, 9.17) is 16.7 Å². The maximum atomic E-state index is 13.2. The molecule has 1 aliphatic heterocycles. The van der Waals surface area contributed by atoms with E-state index in [2.05, 4.69) is 5.32 Å². The Labute approximate surface area is 156 Å². The molecule has 2 atom stereocenters. The third-order valence-electron chi connectivity index (χ3n) is 5.23. The largest absolute Gasteiger partial charge is 0.478 e. The van der Waals surface area contributed by atoms with Gasteiger partial charge in [0.05, 0.1) is 29.4 Å². The van der Waals surface area contributed by atoms with E-state index in [-0.39, 0.29) is 23.4 Å². The number of aromatic carboxylic acids is 1. The Hall–Kier alpha value is -2.53. The number of carbonyl (C=O) groups excluding carboxylic acids is 1. The van der Waals surface area contributed by atoms with E-state index in [0.717, 1.165) is 36.2 Å². The molecule has 1 amide bonds. The summed E-state index contributed by atoms with van der Waals surface area (Å²) in [5.41, 5.74) is 2.81. The molecular formula is C20H19ClN2O3. The monoisotopic (exact) mass is 370 g/mol. The summed E-state index contributed by atoms with van der Waals surface area (Å²) < 4.78 is 0. The number of hydrogen-bond donors (Lipinski definition) is 2. The third kappa shape index (κ3) is 3.03. The van der Waals surface area contributed by atoms with Gasteiger partial charge in [0.15, 0.2) is 0 Å². The second-order valence-corrected chi connectivity index (χ2v) is 7.31. The fourth-order valence-corrected chi connectivity index (χ4v) is 4.06. The van der Waals surface area contributed by atoms with Gasteiger partial charge < -0.3 is 15.3 Å². The van der Waals surface area contributed by atoms with Gasteiger partial charge in [0.25, 0.3) is 0 Å². The fraction of sp³-hybridized carbons (Fsp3) is 0.300. The number of fused-ring (bicyclic) bond motifs is 2. The smallest absolute Gasteiger partial charge is 0.335 e. The van der Waals surface area contributed by atoms with Crippen LogP contribution in [-0.2, 0) is 11.3 Å². The maximum Gasteiger partial charge on any atom is 0.335 e. The van der Waals surface area contributed by atoms with Crippen molar-refractivity contribution in [1.29, 1.82) is 0 Å². The minimum absolute atomic E-state index is 0.0422. The molecule has 2 N–H and O–H groups in total. The van der Waals surface area contributed by atoms with Crippen molar-refractivity contribution in [3.63, 3.8) is 0 Å². The molecule has 4 rings (SSSR count). The van der Waals surface area contributed by atoms with Crippen LogP contribution < -0.4 is 10.2 Å². The van der Waals surface area contributed by atoms with E-state index in [1.54, 1.807) is 29.2 Å². The average molecular weight is 371 g/mol. The standard InChI is InChI=1S/C20H19ClN2O3/c21-14-8-9-17-18(10-14)23(19(24)15-2-1-3-16(15)22-17)11-12-4-6-13(7-5-12)20(25)26/h4-10,15-16,22H,1-3,11H2,(H,25,26). The molecule has 134 valence electrons. The first kappa shape index (κ1) is 16.9. The molecule has 2 aliphatic rings. The van der Waals surface area contributed by atoms with Crippen molar-refractivity contribution in [3.05, 3.63) is 58.6 Å². The summed E-state index contributed by atoms with van der Waals surface area (Å²) >= 11 is 6.19. The Bertz CT molecular complexity index is 866. The van der Waals surface area contributed by atoms with Crippen LogP contribution in [0.25, 0.3) is 0 Å². The predicted octanol–water partition coefficient (Wildman–Crippen LogP) is 4.17. The lowest BCUT2D eigenvalue weighted by Crippen LogP contribution is -2.38. The van der Waals surface area contributed by atoms with Crippen LogP contribution in [0.2, 0.25) is 5.02 Å². The molecule has 0 spiro atoms. The lowest BCUT2D eigenvalue weighted by molar-refractivity contribution is -0.122. The zero-order valence-corrected chi connectivity index (χ0v) is 14.9. The minimum Gasteiger partial charge on any atom is -0.478 e. The highest BCUT2D eigenvalue weighted by atomic mass is 35.5. The summed E-state index contributed by atoms with van der Waals surface area (Å²) in [5.74, 6) is -0.902. The molecule has 26 heavy (non-hydrogen) atoms. The van der Waals surface area contributed by atoms with E-state index in [0.29, 0.717) is 11.6 Å². The lowest BCUT2D eigenvalue weighted by Gasteiger charge is -2.25. The van der Waals surface area contributed by atoms with Gasteiger partial charge in [-0.3, -0.25) is 4.79 Å². The Morgan fingerprint density at radius 3 is 2.69 bits per heavy atom. The van der Waals surface area contributed by atoms with Gasteiger partial charge in [-0.25, -0.2) is 4.79 Å². The molecule has 1 fully saturated rings. The van der Waals surface area contributed by atoms with E-state index in [1.165, 1.54) is 0 Å². The van der Waals surface area contributed by atoms with E-state index >= 15 is 0 Å². The number of anilines is 2. The molecule has 1 aliphatic carbocycles. The molecule has 0 saturated heterocycles. The van der Waals surface area contributed by atoms with Crippen molar-refractivity contribution in [2.75, 3.05) is 10.2 Å². The highest BCUT2D eigenvalue weighted by Gasteiger charge is 2.39. The first-order chi connectivity index (χ1) is 12.5. The Morgan fingerprint density at radius 1 is 1.19 bits per heavy atom. The predicted molar refractivity (Wildman–Crippen MR) is 101 cm³/mol. The highest BCUT2D eigenvalue weighted by Crippen LogP contribution is 2.40. The first-order valence-corrected chi connectivity index (χ1v) is 9.10. The molecule has 2 unspecified atom stereocenters. The average Bonchev–Trinajstić information content (AvgIpc) is 3.05. The first-order valence-electron chi connectivity index (χ1n) is 8.72. The van der Waals surface area contributed by atoms with Crippen LogP contribution in [0.3, 0.4) is 0 Å². The summed E-state index contributed by atoms with van der Waals surface area (Å²) in [5, 5.41) is 13.2. The van der Waals surface area contributed by atoms with Crippen LogP contribution in [0.1, 0.15) is 35.2 Å². The normalized spacial score (nSPS) is 21.6. The lowest BCUT2D eigenvalue weighted by atomic mass is 10.0. The van der Waals surface area contributed by atoms with Crippen LogP contribution >= 0.6 is 11.6 Å². The van der Waals surface area contributed by atoms with Gasteiger partial charge in [0, 0.05) is 11.1 Å². The third-order valence-corrected chi connectivity index (χ3v) is 5.47. The van der Waals surface area contributed by atoms with E-state index < -0.39 is 5.97 Å². The topological polar surface area (TPSA) is 69.6 Å². The van der Waals surface area contributed by atoms with Gasteiger partial charge in [0.2, 0.25) is 5.91 Å². The van der Waals surface area contributed by atoms with Crippen LogP contribution in [-0.4, -0.2) is 23.0 Å². The van der Waals surface area contributed by atoms with Gasteiger partial charge >= 0.3 is 5.97 Å². The molecule has 0 radical (unpaired) electrons. The summed E-state index contributed by atoms with van der Waals surface area (Å²) in [6.45, 7) is 0.386. The Kier molecular flexibility index (Phi) is 4.32. The quantitative estimate of drug-likeness (QED) is 0.850. The summed E-state index contributed by atoms with van der Waals surface area (Å²) in [7, 11) is 0. The van der Waals surface area contributed by atoms with Crippen molar-refractivity contribution in [3.8, 4) is 0 Å². The van der Waals surface area contributed by atoms with Crippen molar-refractivity contribution in [1.82, 2.24) is 0 Å². The van der Waals surface area contributed by atoms with E-state index in [1.807, 2.05) is 18.2 Å². The minimum atomic E-state index is -0.961. The van der Waals surface area contributed by atoms with Crippen molar-refractivity contribution >= 4 is 34.9 Å². The van der Waals surface area contributed by atoms with Gasteiger partial charge in [-0.15, -0.1) is 0 Å². The SMILES string of the molecule is O=C(O)c1ccc(CN2C(=O)C3CCCC3Nc3ccc(Cl)cc32)cc1. The fourth-order valence-electron chi connectivity index (χ4n) is 3.90. The second kappa shape index (κ2) is 6.65. The summed E-state index contributed by atoms with van der Waals surface area (Å²) in [6, 6.07) is 12.4. The molecule has 0 aromatic heterocycles. The number of carboxylic acid groups (broad SMARTS) is 1. The second-order valence-electron chi connectivity index (χ2n) is 6.88. The van der Waals surface area contributed by atoms with Crippen LogP contribution in [0.15, 0.2) is 42.5 Å². The highest BCUT2D eigenvalue weighted by molar-refractivity contribution is 6.31. The number of hydrogen-bond acceptors (Lipinski definition) is 3. The Balaban J connectivity index is 1.71. The van der Waals surface area contributed by atoms with Crippen LogP contribution in [0, 0.1) is 5.92 Å².